The molecule has 4 N–H and O–H groups in total. The van der Waals surface area contributed by atoms with E-state index in [1.807, 2.05) is 30.3 Å². The third-order valence-electron chi connectivity index (χ3n) is 3.01. The number of amidine groups is 1. The predicted octanol–water partition coefficient (Wildman–Crippen LogP) is 0.994. The maximum atomic E-state index is 9.20. The van der Waals surface area contributed by atoms with Crippen LogP contribution < -0.4 is 5.73 Å². The summed E-state index contributed by atoms with van der Waals surface area (Å²) in [6, 6.07) is 9.93. The van der Waals surface area contributed by atoms with Gasteiger partial charge >= 0.3 is 0 Å². The first-order valence-electron chi connectivity index (χ1n) is 6.40. The summed E-state index contributed by atoms with van der Waals surface area (Å²) in [7, 11) is 1.65. The number of aliphatic hydroxyl groups is 1. The molecule has 0 amide bonds. The van der Waals surface area contributed by atoms with Crippen molar-refractivity contribution in [1.29, 1.82) is 5.41 Å². The number of hydrogen-bond acceptors (Lipinski definition) is 4. The zero-order valence-corrected chi connectivity index (χ0v) is 11.4. The van der Waals surface area contributed by atoms with Crippen molar-refractivity contribution in [3.05, 3.63) is 35.9 Å². The molecule has 0 spiro atoms. The van der Waals surface area contributed by atoms with Crippen LogP contribution in [-0.2, 0) is 4.74 Å². The highest BCUT2D eigenvalue weighted by Gasteiger charge is 2.20. The number of rotatable bonds is 9. The van der Waals surface area contributed by atoms with Gasteiger partial charge in [-0.05, 0) is 5.56 Å². The lowest BCUT2D eigenvalue weighted by molar-refractivity contribution is 0.103. The summed E-state index contributed by atoms with van der Waals surface area (Å²) in [5.41, 5.74) is 6.66. The fourth-order valence-corrected chi connectivity index (χ4v) is 2.10. The maximum absolute atomic E-state index is 9.20. The van der Waals surface area contributed by atoms with Crippen LogP contribution in [0.4, 0.5) is 0 Å². The summed E-state index contributed by atoms with van der Waals surface area (Å²) in [4.78, 5) is 2.10. The lowest BCUT2D eigenvalue weighted by Gasteiger charge is -2.31. The molecule has 0 aliphatic carbocycles. The van der Waals surface area contributed by atoms with E-state index in [9.17, 15) is 5.11 Å². The predicted molar refractivity (Wildman–Crippen MR) is 76.2 cm³/mol. The van der Waals surface area contributed by atoms with E-state index in [4.69, 9.17) is 15.9 Å². The van der Waals surface area contributed by atoms with Crippen LogP contribution in [0.2, 0.25) is 0 Å². The molecule has 5 nitrogen and oxygen atoms in total. The van der Waals surface area contributed by atoms with Crippen molar-refractivity contribution in [1.82, 2.24) is 4.90 Å². The minimum Gasteiger partial charge on any atom is -0.395 e. The van der Waals surface area contributed by atoms with Gasteiger partial charge in [0.05, 0.1) is 19.0 Å². The second kappa shape index (κ2) is 8.63. The Bertz CT molecular complexity index is 370. The molecular formula is C14H23N3O2. The van der Waals surface area contributed by atoms with Gasteiger partial charge in [-0.3, -0.25) is 10.3 Å². The number of ether oxygens (including phenoxy) is 1. The molecular weight excluding hydrogens is 242 g/mol. The monoisotopic (exact) mass is 265 g/mol. The summed E-state index contributed by atoms with van der Waals surface area (Å²) in [6.45, 7) is 1.90. The van der Waals surface area contributed by atoms with Crippen LogP contribution in [0.3, 0.4) is 0 Å². The molecule has 1 unspecified atom stereocenters. The molecule has 0 fully saturated rings. The quantitative estimate of drug-likeness (QED) is 0.459. The molecule has 1 atom stereocenters. The van der Waals surface area contributed by atoms with Crippen molar-refractivity contribution in [2.45, 2.75) is 12.5 Å². The average Bonchev–Trinajstić information content (AvgIpc) is 2.42. The van der Waals surface area contributed by atoms with Crippen molar-refractivity contribution < 1.29 is 9.84 Å². The molecule has 5 heteroatoms. The van der Waals surface area contributed by atoms with Gasteiger partial charge < -0.3 is 15.6 Å². The van der Waals surface area contributed by atoms with Gasteiger partial charge in [0.2, 0.25) is 0 Å². The fourth-order valence-electron chi connectivity index (χ4n) is 2.10. The Morgan fingerprint density at radius 2 is 2.05 bits per heavy atom. The Labute approximate surface area is 114 Å². The Morgan fingerprint density at radius 1 is 1.37 bits per heavy atom. The summed E-state index contributed by atoms with van der Waals surface area (Å²) in [6.07, 6.45) is 0.452. The molecule has 0 heterocycles. The molecule has 0 aromatic heterocycles. The highest BCUT2D eigenvalue weighted by atomic mass is 16.5. The molecule has 1 rings (SSSR count). The van der Waals surface area contributed by atoms with Crippen LogP contribution in [0.25, 0.3) is 0 Å². The molecule has 1 aromatic rings. The molecule has 0 bridgehead atoms. The van der Waals surface area contributed by atoms with E-state index < -0.39 is 0 Å². The highest BCUT2D eigenvalue weighted by Crippen LogP contribution is 2.23. The Hall–Kier alpha value is -1.43. The molecule has 0 saturated heterocycles. The second-order valence-corrected chi connectivity index (χ2v) is 4.41. The van der Waals surface area contributed by atoms with Gasteiger partial charge in [0, 0.05) is 32.7 Å². The maximum Gasteiger partial charge on any atom is 0.0924 e. The van der Waals surface area contributed by atoms with Crippen LogP contribution in [0.15, 0.2) is 30.3 Å². The van der Waals surface area contributed by atoms with Gasteiger partial charge in [-0.15, -0.1) is 0 Å². The van der Waals surface area contributed by atoms with E-state index in [0.717, 1.165) is 5.56 Å². The van der Waals surface area contributed by atoms with Crippen LogP contribution in [0, 0.1) is 5.41 Å². The van der Waals surface area contributed by atoms with Gasteiger partial charge in [-0.1, -0.05) is 30.3 Å². The number of benzene rings is 1. The van der Waals surface area contributed by atoms with Crippen LogP contribution in [0.1, 0.15) is 18.0 Å². The third-order valence-corrected chi connectivity index (χ3v) is 3.01. The molecule has 0 saturated carbocycles. The first kappa shape index (κ1) is 15.6. The lowest BCUT2D eigenvalue weighted by atomic mass is 10.0. The summed E-state index contributed by atoms with van der Waals surface area (Å²) in [5, 5.41) is 16.7. The third kappa shape index (κ3) is 5.38. The topological polar surface area (TPSA) is 82.6 Å². The minimum absolute atomic E-state index is 0.000926. The van der Waals surface area contributed by atoms with Gasteiger partial charge in [-0.2, -0.15) is 0 Å². The molecule has 0 aliphatic heterocycles. The largest absolute Gasteiger partial charge is 0.395 e. The number of aliphatic hydroxyl groups excluding tert-OH is 1. The van der Waals surface area contributed by atoms with Crippen molar-refractivity contribution in [3.63, 3.8) is 0 Å². The van der Waals surface area contributed by atoms with Crippen molar-refractivity contribution in [3.8, 4) is 0 Å². The number of nitrogens with one attached hydrogen (secondary N) is 1. The van der Waals surface area contributed by atoms with E-state index >= 15 is 0 Å². The Balaban J connectivity index is 2.88. The smallest absolute Gasteiger partial charge is 0.0924 e. The van der Waals surface area contributed by atoms with E-state index in [0.29, 0.717) is 26.1 Å². The SMILES string of the molecule is COCCN(CCO)C(CC(=N)N)c1ccccc1. The lowest BCUT2D eigenvalue weighted by Crippen LogP contribution is -2.36. The van der Waals surface area contributed by atoms with E-state index in [1.54, 1.807) is 7.11 Å². The van der Waals surface area contributed by atoms with Gasteiger partial charge in [0.1, 0.15) is 0 Å². The summed E-state index contributed by atoms with van der Waals surface area (Å²) in [5.74, 6) is 0.147. The van der Waals surface area contributed by atoms with Gasteiger partial charge in [0.25, 0.3) is 0 Å². The van der Waals surface area contributed by atoms with E-state index in [-0.39, 0.29) is 18.5 Å². The van der Waals surface area contributed by atoms with Crippen molar-refractivity contribution in [2.75, 3.05) is 33.4 Å². The van der Waals surface area contributed by atoms with Crippen LogP contribution in [0.5, 0.6) is 0 Å². The second-order valence-electron chi connectivity index (χ2n) is 4.41. The van der Waals surface area contributed by atoms with Gasteiger partial charge in [-0.25, -0.2) is 0 Å². The zero-order valence-electron chi connectivity index (χ0n) is 11.4. The highest BCUT2D eigenvalue weighted by molar-refractivity contribution is 5.77. The van der Waals surface area contributed by atoms with E-state index in [1.165, 1.54) is 0 Å². The molecule has 0 radical (unpaired) electrons. The Kier molecular flexibility index (Phi) is 7.10. The number of hydrogen-bond donors (Lipinski definition) is 3. The normalized spacial score (nSPS) is 12.6. The van der Waals surface area contributed by atoms with Crippen molar-refractivity contribution >= 4 is 5.84 Å². The molecule has 106 valence electrons. The standard InChI is InChI=1S/C14H23N3O2/c1-19-10-8-17(7-9-18)13(11-14(15)16)12-5-3-2-4-6-12/h2-6,13,18H,7-11H2,1H3,(H3,15,16). The number of nitrogens with zero attached hydrogens (tertiary/aromatic N) is 1. The molecule has 0 aliphatic rings. The Morgan fingerprint density at radius 3 is 2.58 bits per heavy atom. The molecule has 19 heavy (non-hydrogen) atoms. The first-order chi connectivity index (χ1) is 9.19. The van der Waals surface area contributed by atoms with Crippen LogP contribution >= 0.6 is 0 Å². The van der Waals surface area contributed by atoms with Crippen LogP contribution in [-0.4, -0.2) is 49.3 Å². The zero-order chi connectivity index (χ0) is 14.1. The molecule has 1 aromatic carbocycles. The number of nitrogens with two attached hydrogens (primary N) is 1. The average molecular weight is 265 g/mol. The fraction of sp³-hybridized carbons (Fsp3) is 0.500. The number of methoxy groups -OCH3 is 1. The van der Waals surface area contributed by atoms with E-state index in [2.05, 4.69) is 4.90 Å². The van der Waals surface area contributed by atoms with Crippen molar-refractivity contribution in [2.24, 2.45) is 5.73 Å². The first-order valence-corrected chi connectivity index (χ1v) is 6.40. The minimum atomic E-state index is 0.000926. The summed E-state index contributed by atoms with van der Waals surface area (Å²) < 4.78 is 5.10. The van der Waals surface area contributed by atoms with Gasteiger partial charge in [0.15, 0.2) is 0 Å². The summed E-state index contributed by atoms with van der Waals surface area (Å²) >= 11 is 0.